The van der Waals surface area contributed by atoms with Crippen molar-refractivity contribution in [3.63, 3.8) is 0 Å². The normalized spacial score (nSPS) is 11.9. The first-order valence-corrected chi connectivity index (χ1v) is 5.81. The molecule has 0 heterocycles. The Morgan fingerprint density at radius 1 is 1.56 bits per heavy atom. The predicted octanol–water partition coefficient (Wildman–Crippen LogP) is 3.52. The summed E-state index contributed by atoms with van der Waals surface area (Å²) in [6, 6.07) is 6.82. The van der Waals surface area contributed by atoms with Crippen molar-refractivity contribution >= 4 is 34.7 Å². The second-order valence-electron chi connectivity index (χ2n) is 3.35. The molecule has 4 heteroatoms. The zero-order valence-electron chi connectivity index (χ0n) is 9.20. The van der Waals surface area contributed by atoms with Gasteiger partial charge in [0.1, 0.15) is 0 Å². The number of ether oxygens (including phenoxy) is 1. The molecule has 0 aliphatic heterocycles. The molecule has 0 bridgehead atoms. The molecule has 0 saturated heterocycles. The maximum Gasteiger partial charge on any atom is 0.174 e. The number of carbonyl (C=O) groups is 1. The minimum absolute atomic E-state index is 0.0686. The van der Waals surface area contributed by atoms with Crippen LogP contribution in [0.15, 0.2) is 24.3 Å². The zero-order valence-corrected chi connectivity index (χ0v) is 10.8. The van der Waals surface area contributed by atoms with E-state index in [4.69, 9.17) is 28.6 Å². The number of thiocarbonyl (C=S) groups is 1. The molecule has 16 heavy (non-hydrogen) atoms. The summed E-state index contributed by atoms with van der Waals surface area (Å²) in [6.07, 6.45) is 0. The van der Waals surface area contributed by atoms with Crippen molar-refractivity contribution in [1.29, 1.82) is 0 Å². The van der Waals surface area contributed by atoms with Gasteiger partial charge >= 0.3 is 0 Å². The summed E-state index contributed by atoms with van der Waals surface area (Å²) in [7, 11) is 0. The van der Waals surface area contributed by atoms with Gasteiger partial charge < -0.3 is 4.74 Å². The Morgan fingerprint density at radius 2 is 2.25 bits per heavy atom. The molecular weight excluding hydrogens is 244 g/mol. The van der Waals surface area contributed by atoms with E-state index in [1.165, 1.54) is 0 Å². The van der Waals surface area contributed by atoms with E-state index in [0.717, 1.165) is 0 Å². The lowest BCUT2D eigenvalue weighted by Gasteiger charge is -2.12. The molecule has 0 spiro atoms. The molecule has 86 valence electrons. The molecule has 1 atom stereocenters. The Bertz CT molecular complexity index is 404. The first-order chi connectivity index (χ1) is 7.56. The van der Waals surface area contributed by atoms with Crippen molar-refractivity contribution in [3.05, 3.63) is 34.9 Å². The van der Waals surface area contributed by atoms with Crippen LogP contribution in [-0.2, 0) is 4.74 Å². The number of hydrogen-bond acceptors (Lipinski definition) is 3. The lowest BCUT2D eigenvalue weighted by Crippen LogP contribution is -2.21. The molecule has 0 aliphatic rings. The number of Topliss-reactive ketones (excluding diaryl/α,β-unsaturated/α-hetero) is 1. The van der Waals surface area contributed by atoms with Crippen LogP contribution in [0.1, 0.15) is 24.2 Å². The Kier molecular flexibility index (Phi) is 4.90. The van der Waals surface area contributed by atoms with Crippen molar-refractivity contribution in [2.24, 2.45) is 5.92 Å². The average Bonchev–Trinajstić information content (AvgIpc) is 2.27. The number of hydrogen-bond donors (Lipinski definition) is 0. The topological polar surface area (TPSA) is 26.3 Å². The number of halogens is 1. The number of rotatable bonds is 4. The van der Waals surface area contributed by atoms with E-state index in [2.05, 4.69) is 0 Å². The summed E-state index contributed by atoms with van der Waals surface area (Å²) in [5.41, 5.74) is 0.557. The highest BCUT2D eigenvalue weighted by Gasteiger charge is 2.20. The molecule has 0 radical (unpaired) electrons. The van der Waals surface area contributed by atoms with Crippen LogP contribution in [0.5, 0.6) is 0 Å². The minimum Gasteiger partial charge on any atom is -0.487 e. The lowest BCUT2D eigenvalue weighted by atomic mass is 10.0. The monoisotopic (exact) mass is 256 g/mol. The Balaban J connectivity index is 2.82. The molecule has 0 aromatic heterocycles. The van der Waals surface area contributed by atoms with Crippen molar-refractivity contribution in [2.75, 3.05) is 6.61 Å². The highest BCUT2D eigenvalue weighted by molar-refractivity contribution is 7.80. The summed E-state index contributed by atoms with van der Waals surface area (Å²) in [6.45, 7) is 4.05. The largest absolute Gasteiger partial charge is 0.487 e. The Hall–Kier alpha value is -0.930. The van der Waals surface area contributed by atoms with Gasteiger partial charge in [-0.05, 0) is 38.2 Å². The molecule has 0 N–H and O–H groups in total. The molecule has 0 saturated carbocycles. The van der Waals surface area contributed by atoms with Gasteiger partial charge in [0.2, 0.25) is 0 Å². The molecule has 1 aromatic carbocycles. The number of ketones is 1. The van der Waals surface area contributed by atoms with Crippen LogP contribution in [0.25, 0.3) is 0 Å². The van der Waals surface area contributed by atoms with Crippen LogP contribution in [0, 0.1) is 5.92 Å². The minimum atomic E-state index is -0.423. The third-order valence-corrected chi connectivity index (χ3v) is 2.85. The third kappa shape index (κ3) is 3.29. The van der Waals surface area contributed by atoms with E-state index < -0.39 is 5.92 Å². The first kappa shape index (κ1) is 13.1. The van der Waals surface area contributed by atoms with E-state index in [1.54, 1.807) is 31.2 Å². The van der Waals surface area contributed by atoms with Gasteiger partial charge in [0.05, 0.1) is 12.5 Å². The van der Waals surface area contributed by atoms with E-state index in [-0.39, 0.29) is 5.78 Å². The fraction of sp³-hybridized carbons (Fsp3) is 0.333. The molecule has 0 fully saturated rings. The fourth-order valence-electron chi connectivity index (χ4n) is 1.27. The van der Waals surface area contributed by atoms with Gasteiger partial charge in [-0.3, -0.25) is 4.79 Å². The maximum atomic E-state index is 12.0. The molecule has 1 rings (SSSR count). The molecule has 1 aromatic rings. The summed E-state index contributed by atoms with van der Waals surface area (Å²) in [4.78, 5) is 12.0. The van der Waals surface area contributed by atoms with Crippen molar-refractivity contribution in [1.82, 2.24) is 0 Å². The molecule has 0 aliphatic carbocycles. The number of carbonyl (C=O) groups excluding carboxylic acids is 1. The summed E-state index contributed by atoms with van der Waals surface area (Å²) in [5, 5.41) is 0.868. The smallest absolute Gasteiger partial charge is 0.174 e. The quantitative estimate of drug-likeness (QED) is 0.609. The Morgan fingerprint density at radius 3 is 2.81 bits per heavy atom. The molecule has 2 nitrogen and oxygen atoms in total. The average molecular weight is 257 g/mol. The van der Waals surface area contributed by atoms with Crippen LogP contribution in [0.3, 0.4) is 0 Å². The van der Waals surface area contributed by atoms with Gasteiger partial charge in [-0.25, -0.2) is 0 Å². The van der Waals surface area contributed by atoms with Gasteiger partial charge in [0, 0.05) is 10.6 Å². The zero-order chi connectivity index (χ0) is 12.1. The van der Waals surface area contributed by atoms with E-state index in [0.29, 0.717) is 22.2 Å². The van der Waals surface area contributed by atoms with E-state index >= 15 is 0 Å². The van der Waals surface area contributed by atoms with Crippen molar-refractivity contribution in [2.45, 2.75) is 13.8 Å². The highest BCUT2D eigenvalue weighted by atomic mass is 35.5. The predicted molar refractivity (Wildman–Crippen MR) is 69.2 cm³/mol. The van der Waals surface area contributed by atoms with Crippen LogP contribution >= 0.6 is 23.8 Å². The third-order valence-electron chi connectivity index (χ3n) is 2.14. The fourth-order valence-corrected chi connectivity index (χ4v) is 1.68. The molecule has 0 amide bonds. The van der Waals surface area contributed by atoms with Gasteiger partial charge in [-0.15, -0.1) is 0 Å². The summed E-state index contributed by atoms with van der Waals surface area (Å²) >= 11 is 10.8. The van der Waals surface area contributed by atoms with Gasteiger partial charge in [0.25, 0.3) is 0 Å². The van der Waals surface area contributed by atoms with Crippen molar-refractivity contribution in [3.8, 4) is 0 Å². The standard InChI is InChI=1S/C12H13ClO2S/c1-3-15-12(16)8(2)11(14)9-5-4-6-10(13)7-9/h4-8H,3H2,1-2H3. The molecular formula is C12H13ClO2S. The first-order valence-electron chi connectivity index (χ1n) is 5.02. The van der Waals surface area contributed by atoms with Crippen LogP contribution < -0.4 is 0 Å². The van der Waals surface area contributed by atoms with Crippen molar-refractivity contribution < 1.29 is 9.53 Å². The maximum absolute atomic E-state index is 12.0. The van der Waals surface area contributed by atoms with Gasteiger partial charge in [-0.1, -0.05) is 23.7 Å². The SMILES string of the molecule is CCOC(=S)C(C)C(=O)c1cccc(Cl)c1. The van der Waals surface area contributed by atoms with Gasteiger partial charge in [-0.2, -0.15) is 0 Å². The van der Waals surface area contributed by atoms with Gasteiger partial charge in [0.15, 0.2) is 10.8 Å². The van der Waals surface area contributed by atoms with Crippen LogP contribution in [0.2, 0.25) is 5.02 Å². The summed E-state index contributed by atoms with van der Waals surface area (Å²) in [5.74, 6) is -0.491. The lowest BCUT2D eigenvalue weighted by molar-refractivity contribution is 0.0951. The number of benzene rings is 1. The highest BCUT2D eigenvalue weighted by Crippen LogP contribution is 2.16. The Labute approximate surface area is 106 Å². The van der Waals surface area contributed by atoms with E-state index in [1.807, 2.05) is 6.92 Å². The molecule has 1 unspecified atom stereocenters. The van der Waals surface area contributed by atoms with Crippen LogP contribution in [0.4, 0.5) is 0 Å². The second kappa shape index (κ2) is 5.97. The summed E-state index contributed by atoms with van der Waals surface area (Å²) < 4.78 is 5.15. The van der Waals surface area contributed by atoms with E-state index in [9.17, 15) is 4.79 Å². The van der Waals surface area contributed by atoms with Crippen LogP contribution in [-0.4, -0.2) is 17.4 Å². The second-order valence-corrected chi connectivity index (χ2v) is 4.19.